The quantitative estimate of drug-likeness (QED) is 0.796. The first kappa shape index (κ1) is 11.5. The molecular formula is C13H15NO3. The summed E-state index contributed by atoms with van der Waals surface area (Å²) in [4.78, 5) is 4.06. The van der Waals surface area contributed by atoms with E-state index in [2.05, 4.69) is 4.98 Å². The van der Waals surface area contributed by atoms with Crippen LogP contribution in [0.3, 0.4) is 0 Å². The van der Waals surface area contributed by atoms with Crippen LogP contribution < -0.4 is 9.47 Å². The van der Waals surface area contributed by atoms with Crippen molar-refractivity contribution in [3.05, 3.63) is 41.9 Å². The minimum absolute atomic E-state index is 0.303. The highest BCUT2D eigenvalue weighted by atomic mass is 16.6. The van der Waals surface area contributed by atoms with Gasteiger partial charge in [0.1, 0.15) is 11.9 Å². The average Bonchev–Trinajstić information content (AvgIpc) is 2.76. The van der Waals surface area contributed by atoms with Crippen LogP contribution in [-0.2, 0) is 6.61 Å². The minimum atomic E-state index is 0.303. The Morgan fingerprint density at radius 3 is 2.82 bits per heavy atom. The van der Waals surface area contributed by atoms with Gasteiger partial charge in [-0.15, -0.1) is 0 Å². The van der Waals surface area contributed by atoms with Gasteiger partial charge in [-0.3, -0.25) is 0 Å². The van der Waals surface area contributed by atoms with Gasteiger partial charge in [-0.1, -0.05) is 18.2 Å². The number of ether oxygens (including phenoxy) is 2. The van der Waals surface area contributed by atoms with Gasteiger partial charge in [-0.25, -0.2) is 4.98 Å². The van der Waals surface area contributed by atoms with Crippen LogP contribution in [-0.4, -0.2) is 11.6 Å². The molecule has 0 N–H and O–H groups in total. The molecule has 0 fully saturated rings. The maximum absolute atomic E-state index is 5.60. The first-order valence-electron chi connectivity index (χ1n) is 5.55. The summed E-state index contributed by atoms with van der Waals surface area (Å²) < 4.78 is 16.1. The third kappa shape index (κ3) is 3.00. The lowest BCUT2D eigenvalue weighted by Gasteiger charge is -2.05. The molecule has 17 heavy (non-hydrogen) atoms. The van der Waals surface area contributed by atoms with Gasteiger partial charge < -0.3 is 13.9 Å². The largest absolute Gasteiger partial charge is 0.484 e. The molecule has 1 aromatic heterocycles. The maximum atomic E-state index is 5.60. The van der Waals surface area contributed by atoms with Crippen molar-refractivity contribution in [3.63, 3.8) is 0 Å². The van der Waals surface area contributed by atoms with E-state index in [1.165, 1.54) is 0 Å². The van der Waals surface area contributed by atoms with Crippen LogP contribution >= 0.6 is 0 Å². The van der Waals surface area contributed by atoms with Gasteiger partial charge in [-0.05, 0) is 25.5 Å². The smallest absolute Gasteiger partial charge is 0.305 e. The maximum Gasteiger partial charge on any atom is 0.305 e. The molecule has 0 spiro atoms. The second-order valence-corrected chi connectivity index (χ2v) is 3.56. The third-order valence-electron chi connectivity index (χ3n) is 2.26. The molecule has 0 aliphatic heterocycles. The van der Waals surface area contributed by atoms with Crippen LogP contribution in [0.2, 0.25) is 0 Å². The van der Waals surface area contributed by atoms with E-state index in [1.54, 1.807) is 6.20 Å². The number of hydrogen-bond acceptors (Lipinski definition) is 4. The SMILES string of the molecule is CCOc1cnc(COc2ccccc2C)o1. The fourth-order valence-electron chi connectivity index (χ4n) is 1.43. The van der Waals surface area contributed by atoms with Crippen molar-refractivity contribution in [2.24, 2.45) is 0 Å². The van der Waals surface area contributed by atoms with Crippen molar-refractivity contribution in [3.8, 4) is 11.7 Å². The van der Waals surface area contributed by atoms with Gasteiger partial charge >= 0.3 is 5.95 Å². The van der Waals surface area contributed by atoms with Crippen LogP contribution in [0, 0.1) is 6.92 Å². The number of aromatic nitrogens is 1. The first-order valence-corrected chi connectivity index (χ1v) is 5.55. The van der Waals surface area contributed by atoms with Gasteiger partial charge in [0.15, 0.2) is 6.61 Å². The highest BCUT2D eigenvalue weighted by molar-refractivity contribution is 5.31. The van der Waals surface area contributed by atoms with Gasteiger partial charge in [0.2, 0.25) is 5.89 Å². The summed E-state index contributed by atoms with van der Waals surface area (Å²) in [6.45, 7) is 4.76. The Balaban J connectivity index is 1.95. The summed E-state index contributed by atoms with van der Waals surface area (Å²) in [6.07, 6.45) is 1.56. The van der Waals surface area contributed by atoms with Gasteiger partial charge in [-0.2, -0.15) is 0 Å². The molecular weight excluding hydrogens is 218 g/mol. The molecule has 0 radical (unpaired) electrons. The highest BCUT2D eigenvalue weighted by Gasteiger charge is 2.05. The molecule has 4 nitrogen and oxygen atoms in total. The van der Waals surface area contributed by atoms with E-state index in [4.69, 9.17) is 13.9 Å². The highest BCUT2D eigenvalue weighted by Crippen LogP contribution is 2.19. The van der Waals surface area contributed by atoms with E-state index in [0.29, 0.717) is 25.1 Å². The first-order chi connectivity index (χ1) is 8.29. The van der Waals surface area contributed by atoms with Crippen molar-refractivity contribution < 1.29 is 13.9 Å². The number of nitrogens with zero attached hydrogens (tertiary/aromatic N) is 1. The Bertz CT molecular complexity index is 479. The van der Waals surface area contributed by atoms with Crippen molar-refractivity contribution in [1.29, 1.82) is 0 Å². The molecule has 0 saturated carbocycles. The molecule has 0 aliphatic rings. The summed E-state index contributed by atoms with van der Waals surface area (Å²) in [6, 6.07) is 7.82. The average molecular weight is 233 g/mol. The fourth-order valence-corrected chi connectivity index (χ4v) is 1.43. The van der Waals surface area contributed by atoms with Gasteiger partial charge in [0, 0.05) is 0 Å². The predicted molar refractivity (Wildman–Crippen MR) is 63.2 cm³/mol. The summed E-state index contributed by atoms with van der Waals surface area (Å²) in [5.74, 6) is 1.77. The van der Waals surface area contributed by atoms with E-state index in [0.717, 1.165) is 11.3 Å². The Labute approximate surface area is 100 Å². The second kappa shape index (κ2) is 5.39. The van der Waals surface area contributed by atoms with Crippen molar-refractivity contribution in [1.82, 2.24) is 4.98 Å². The van der Waals surface area contributed by atoms with Crippen molar-refractivity contribution >= 4 is 0 Å². The normalized spacial score (nSPS) is 10.2. The molecule has 0 atom stereocenters. The Kier molecular flexibility index (Phi) is 3.65. The zero-order valence-corrected chi connectivity index (χ0v) is 9.97. The molecule has 2 rings (SSSR count). The van der Waals surface area contributed by atoms with Crippen LogP contribution in [0.5, 0.6) is 11.7 Å². The third-order valence-corrected chi connectivity index (χ3v) is 2.26. The molecule has 0 saturated heterocycles. The lowest BCUT2D eigenvalue weighted by atomic mass is 10.2. The van der Waals surface area contributed by atoms with Crippen molar-refractivity contribution in [2.75, 3.05) is 6.61 Å². The molecule has 0 unspecified atom stereocenters. The van der Waals surface area contributed by atoms with Gasteiger partial charge in [0.25, 0.3) is 0 Å². The van der Waals surface area contributed by atoms with E-state index < -0.39 is 0 Å². The Hall–Kier alpha value is -1.97. The molecule has 1 heterocycles. The number of hydrogen-bond donors (Lipinski definition) is 0. The molecule has 0 aliphatic carbocycles. The van der Waals surface area contributed by atoms with Crippen LogP contribution in [0.4, 0.5) is 0 Å². The Morgan fingerprint density at radius 1 is 1.24 bits per heavy atom. The fraction of sp³-hybridized carbons (Fsp3) is 0.308. The van der Waals surface area contributed by atoms with E-state index in [-0.39, 0.29) is 0 Å². The molecule has 0 amide bonds. The number of aryl methyl sites for hydroxylation is 1. The van der Waals surface area contributed by atoms with Crippen LogP contribution in [0.1, 0.15) is 18.4 Å². The summed E-state index contributed by atoms with van der Waals surface area (Å²) in [5.41, 5.74) is 1.09. The number of benzene rings is 1. The summed E-state index contributed by atoms with van der Waals surface area (Å²) in [7, 11) is 0. The molecule has 0 bridgehead atoms. The van der Waals surface area contributed by atoms with E-state index in [1.807, 2.05) is 38.1 Å². The Morgan fingerprint density at radius 2 is 2.06 bits per heavy atom. The lowest BCUT2D eigenvalue weighted by Crippen LogP contribution is -1.96. The van der Waals surface area contributed by atoms with E-state index in [9.17, 15) is 0 Å². The molecule has 90 valence electrons. The molecule has 2 aromatic rings. The zero-order chi connectivity index (χ0) is 12.1. The number of para-hydroxylation sites is 1. The summed E-state index contributed by atoms with van der Waals surface area (Å²) >= 11 is 0. The standard InChI is InChI=1S/C13H15NO3/c1-3-15-13-8-14-12(17-13)9-16-11-7-5-4-6-10(11)2/h4-8H,3,9H2,1-2H3. The zero-order valence-electron chi connectivity index (χ0n) is 9.97. The topological polar surface area (TPSA) is 44.5 Å². The summed E-state index contributed by atoms with van der Waals surface area (Å²) in [5, 5.41) is 0. The van der Waals surface area contributed by atoms with Crippen molar-refractivity contribution in [2.45, 2.75) is 20.5 Å². The minimum Gasteiger partial charge on any atom is -0.484 e. The monoisotopic (exact) mass is 233 g/mol. The predicted octanol–water partition coefficient (Wildman–Crippen LogP) is 2.96. The second-order valence-electron chi connectivity index (χ2n) is 3.56. The lowest BCUT2D eigenvalue weighted by molar-refractivity contribution is 0.217. The number of rotatable bonds is 5. The van der Waals surface area contributed by atoms with E-state index >= 15 is 0 Å². The van der Waals surface area contributed by atoms with Crippen LogP contribution in [0.25, 0.3) is 0 Å². The van der Waals surface area contributed by atoms with Crippen LogP contribution in [0.15, 0.2) is 34.9 Å². The molecule has 1 aromatic carbocycles. The molecule has 4 heteroatoms. The van der Waals surface area contributed by atoms with Gasteiger partial charge in [0.05, 0.1) is 6.61 Å². The number of oxazole rings is 1.